The quantitative estimate of drug-likeness (QED) is 0.814. The first-order valence-electron chi connectivity index (χ1n) is 7.34. The maximum atomic E-state index is 12.3. The van der Waals surface area contributed by atoms with Crippen molar-refractivity contribution in [3.63, 3.8) is 0 Å². The summed E-state index contributed by atoms with van der Waals surface area (Å²) in [5, 5.41) is 3.27. The summed E-state index contributed by atoms with van der Waals surface area (Å²) in [7, 11) is -1.44. The lowest BCUT2D eigenvalue weighted by Gasteiger charge is -2.29. The van der Waals surface area contributed by atoms with Crippen LogP contribution in [0.25, 0.3) is 0 Å². The molecule has 6 heteroatoms. The Balaban J connectivity index is 1.83. The van der Waals surface area contributed by atoms with E-state index in [0.717, 1.165) is 51.8 Å². The summed E-state index contributed by atoms with van der Waals surface area (Å²) in [5.74, 6) is 0.596. The first kappa shape index (κ1) is 15.2. The van der Waals surface area contributed by atoms with Crippen molar-refractivity contribution >= 4 is 10.0 Å². The minimum absolute atomic E-state index is 0.0848. The highest BCUT2D eigenvalue weighted by molar-refractivity contribution is 7.89. The molecule has 5 nitrogen and oxygen atoms in total. The zero-order chi connectivity index (χ0) is 13.7. The van der Waals surface area contributed by atoms with E-state index in [4.69, 9.17) is 4.74 Å². The molecule has 2 rings (SSSR count). The molecular weight excluding hydrogens is 264 g/mol. The van der Waals surface area contributed by atoms with Gasteiger partial charge in [0.25, 0.3) is 0 Å². The summed E-state index contributed by atoms with van der Waals surface area (Å²) in [5.41, 5.74) is 0. The Morgan fingerprint density at radius 2 is 1.95 bits per heavy atom. The molecule has 1 N–H and O–H groups in total. The molecule has 0 bridgehead atoms. The number of sulfonamides is 1. The van der Waals surface area contributed by atoms with Crippen molar-refractivity contribution in [3.05, 3.63) is 0 Å². The van der Waals surface area contributed by atoms with Gasteiger partial charge in [0.2, 0.25) is 10.0 Å². The topological polar surface area (TPSA) is 58.6 Å². The minimum atomic E-state index is -3.13. The summed E-state index contributed by atoms with van der Waals surface area (Å²) >= 11 is 0. The maximum absolute atomic E-state index is 12.3. The first-order chi connectivity index (χ1) is 9.08. The van der Waals surface area contributed by atoms with E-state index in [1.54, 1.807) is 7.05 Å². The monoisotopic (exact) mass is 290 g/mol. The Hall–Kier alpha value is -0.170. The molecule has 2 fully saturated rings. The van der Waals surface area contributed by atoms with E-state index in [-0.39, 0.29) is 11.9 Å². The van der Waals surface area contributed by atoms with Gasteiger partial charge in [0.1, 0.15) is 0 Å². The zero-order valence-electron chi connectivity index (χ0n) is 11.8. The van der Waals surface area contributed by atoms with Crippen molar-refractivity contribution in [1.29, 1.82) is 0 Å². The van der Waals surface area contributed by atoms with Crippen LogP contribution in [0.15, 0.2) is 0 Å². The van der Waals surface area contributed by atoms with Crippen molar-refractivity contribution in [2.45, 2.75) is 38.2 Å². The number of rotatable bonds is 5. The average Bonchev–Trinajstić information content (AvgIpc) is 2.40. The molecule has 1 atom stereocenters. The Labute approximate surface area is 116 Å². The predicted octanol–water partition coefficient (Wildman–Crippen LogP) is 0.817. The van der Waals surface area contributed by atoms with Gasteiger partial charge in [-0.05, 0) is 51.1 Å². The number of hydrogen-bond acceptors (Lipinski definition) is 4. The number of piperidine rings is 1. The average molecular weight is 290 g/mol. The van der Waals surface area contributed by atoms with Crippen molar-refractivity contribution in [2.24, 2.45) is 5.92 Å². The van der Waals surface area contributed by atoms with Gasteiger partial charge in [-0.25, -0.2) is 12.7 Å². The van der Waals surface area contributed by atoms with E-state index in [1.807, 2.05) is 0 Å². The molecule has 2 aliphatic rings. The van der Waals surface area contributed by atoms with E-state index in [1.165, 1.54) is 4.31 Å². The predicted molar refractivity (Wildman–Crippen MR) is 75.6 cm³/mol. The van der Waals surface area contributed by atoms with Crippen LogP contribution in [-0.4, -0.2) is 57.9 Å². The Morgan fingerprint density at radius 1 is 1.21 bits per heavy atom. The van der Waals surface area contributed by atoms with E-state index >= 15 is 0 Å². The minimum Gasteiger partial charge on any atom is -0.377 e. The lowest BCUT2D eigenvalue weighted by atomic mass is 10.0. The molecule has 19 heavy (non-hydrogen) atoms. The van der Waals surface area contributed by atoms with Gasteiger partial charge in [0, 0.05) is 20.2 Å². The van der Waals surface area contributed by atoms with Crippen LogP contribution in [0.5, 0.6) is 0 Å². The highest BCUT2D eigenvalue weighted by atomic mass is 32.2. The van der Waals surface area contributed by atoms with Crippen LogP contribution in [0.1, 0.15) is 32.1 Å². The second-order valence-electron chi connectivity index (χ2n) is 5.74. The Bertz CT molecular complexity index is 360. The summed E-state index contributed by atoms with van der Waals surface area (Å²) in [6.07, 6.45) is 5.24. The van der Waals surface area contributed by atoms with Crippen LogP contribution in [0.4, 0.5) is 0 Å². The largest absolute Gasteiger partial charge is 0.377 e. The molecule has 0 aromatic carbocycles. The maximum Gasteiger partial charge on any atom is 0.214 e. The normalized spacial score (nSPS) is 26.7. The number of nitrogens with zero attached hydrogens (tertiary/aromatic N) is 1. The molecule has 0 aliphatic carbocycles. The molecule has 2 aliphatic heterocycles. The standard InChI is InChI=1S/C13H26N2O3S/c1-15(10-13-4-2-3-9-18-13)19(16,17)11-12-5-7-14-8-6-12/h12-14H,2-11H2,1H3. The van der Waals surface area contributed by atoms with Gasteiger partial charge in [0.05, 0.1) is 11.9 Å². The first-order valence-corrected chi connectivity index (χ1v) is 8.95. The van der Waals surface area contributed by atoms with Gasteiger partial charge in [0.15, 0.2) is 0 Å². The molecule has 2 saturated heterocycles. The van der Waals surface area contributed by atoms with Crippen molar-refractivity contribution in [3.8, 4) is 0 Å². The van der Waals surface area contributed by atoms with E-state index in [0.29, 0.717) is 12.5 Å². The third-order valence-electron chi connectivity index (χ3n) is 4.11. The number of hydrogen-bond donors (Lipinski definition) is 1. The molecule has 0 spiro atoms. The lowest BCUT2D eigenvalue weighted by molar-refractivity contribution is 0.00854. The van der Waals surface area contributed by atoms with Crippen molar-refractivity contribution in [2.75, 3.05) is 39.0 Å². The van der Waals surface area contributed by atoms with Crippen LogP contribution >= 0.6 is 0 Å². The molecule has 112 valence electrons. The summed E-state index contributed by atoms with van der Waals surface area (Å²) in [6, 6.07) is 0. The number of ether oxygens (including phenoxy) is 1. The fourth-order valence-corrected chi connectivity index (χ4v) is 4.40. The van der Waals surface area contributed by atoms with Gasteiger partial charge in [-0.15, -0.1) is 0 Å². The molecular formula is C13H26N2O3S. The third-order valence-corrected chi connectivity index (χ3v) is 6.11. The van der Waals surface area contributed by atoms with Gasteiger partial charge in [-0.3, -0.25) is 0 Å². The second-order valence-corrected chi connectivity index (χ2v) is 7.86. The molecule has 0 amide bonds. The molecule has 0 aromatic heterocycles. The molecule has 2 heterocycles. The summed E-state index contributed by atoms with van der Waals surface area (Å²) in [6.45, 7) is 3.16. The zero-order valence-corrected chi connectivity index (χ0v) is 12.6. The van der Waals surface area contributed by atoms with Gasteiger partial charge < -0.3 is 10.1 Å². The summed E-state index contributed by atoms with van der Waals surface area (Å²) in [4.78, 5) is 0. The lowest BCUT2D eigenvalue weighted by Crippen LogP contribution is -2.41. The molecule has 0 radical (unpaired) electrons. The fraction of sp³-hybridized carbons (Fsp3) is 1.00. The summed E-state index contributed by atoms with van der Waals surface area (Å²) < 4.78 is 31.8. The molecule has 0 saturated carbocycles. The Morgan fingerprint density at radius 3 is 2.58 bits per heavy atom. The molecule has 0 aromatic rings. The van der Waals surface area contributed by atoms with Crippen LogP contribution in [-0.2, 0) is 14.8 Å². The van der Waals surface area contributed by atoms with Crippen LogP contribution in [0, 0.1) is 5.92 Å². The van der Waals surface area contributed by atoms with Crippen molar-refractivity contribution < 1.29 is 13.2 Å². The fourth-order valence-electron chi connectivity index (χ4n) is 2.83. The third kappa shape index (κ3) is 4.70. The number of likely N-dealkylation sites (N-methyl/N-ethyl adjacent to an activating group) is 1. The van der Waals surface area contributed by atoms with Crippen LogP contribution in [0.3, 0.4) is 0 Å². The highest BCUT2D eigenvalue weighted by Gasteiger charge is 2.27. The van der Waals surface area contributed by atoms with Gasteiger partial charge in [-0.1, -0.05) is 0 Å². The second kappa shape index (κ2) is 7.02. The van der Waals surface area contributed by atoms with Crippen LogP contribution < -0.4 is 5.32 Å². The van der Waals surface area contributed by atoms with E-state index < -0.39 is 10.0 Å². The number of nitrogens with one attached hydrogen (secondary N) is 1. The van der Waals surface area contributed by atoms with Crippen molar-refractivity contribution in [1.82, 2.24) is 9.62 Å². The van der Waals surface area contributed by atoms with E-state index in [2.05, 4.69) is 5.32 Å². The highest BCUT2D eigenvalue weighted by Crippen LogP contribution is 2.18. The SMILES string of the molecule is CN(CC1CCCCO1)S(=O)(=O)CC1CCNCC1. The van der Waals surface area contributed by atoms with Gasteiger partial charge >= 0.3 is 0 Å². The van der Waals surface area contributed by atoms with Gasteiger partial charge in [-0.2, -0.15) is 0 Å². The smallest absolute Gasteiger partial charge is 0.214 e. The Kier molecular flexibility index (Phi) is 5.62. The molecule has 1 unspecified atom stereocenters. The van der Waals surface area contributed by atoms with E-state index in [9.17, 15) is 8.42 Å². The van der Waals surface area contributed by atoms with Crippen LogP contribution in [0.2, 0.25) is 0 Å².